The minimum Gasteiger partial charge on any atom is -0.367 e. The molecule has 3 heterocycles. The summed E-state index contributed by atoms with van der Waals surface area (Å²) in [6, 6.07) is 16.4. The third-order valence-corrected chi connectivity index (χ3v) is 6.44. The number of nitrogens with one attached hydrogen (secondary N) is 2. The molecular weight excluding hydrogens is 426 g/mol. The Morgan fingerprint density at radius 1 is 0.941 bits per heavy atom. The van der Waals surface area contributed by atoms with Crippen LogP contribution in [0.25, 0.3) is 22.5 Å². The van der Waals surface area contributed by atoms with Crippen molar-refractivity contribution in [3.05, 3.63) is 72.9 Å². The lowest BCUT2D eigenvalue weighted by molar-refractivity contribution is 0.102. The standard InChI is InChI=1S/C26H25N7O/c34-26(31-21-6-1-3-18(13-21)25-32-29-16-33(25)22-8-9-22)23-14-17(11-12-27-23)19-7-10-24(28-15-19)30-20-4-2-5-20/h1,3,6-7,10-16,20,22H,2,4-5,8-9H2,(H,28,30)(H,31,34). The van der Waals surface area contributed by atoms with Gasteiger partial charge in [0.05, 0.1) is 0 Å². The summed E-state index contributed by atoms with van der Waals surface area (Å²) < 4.78 is 2.10. The van der Waals surface area contributed by atoms with Crippen molar-refractivity contribution in [2.45, 2.75) is 44.2 Å². The van der Waals surface area contributed by atoms with Crippen LogP contribution in [0.4, 0.5) is 11.5 Å². The molecule has 2 aliphatic carbocycles. The van der Waals surface area contributed by atoms with Crippen LogP contribution in [-0.2, 0) is 0 Å². The third-order valence-electron chi connectivity index (χ3n) is 6.44. The Hall–Kier alpha value is -4.07. The van der Waals surface area contributed by atoms with Crippen molar-refractivity contribution in [1.82, 2.24) is 24.7 Å². The average molecular weight is 452 g/mol. The molecule has 8 nitrogen and oxygen atoms in total. The van der Waals surface area contributed by atoms with Gasteiger partial charge in [-0.25, -0.2) is 4.98 Å². The molecule has 0 spiro atoms. The fourth-order valence-electron chi connectivity index (χ4n) is 4.15. The van der Waals surface area contributed by atoms with E-state index >= 15 is 0 Å². The van der Waals surface area contributed by atoms with Crippen LogP contribution in [0.2, 0.25) is 0 Å². The molecule has 2 N–H and O–H groups in total. The molecule has 8 heteroatoms. The molecule has 6 rings (SSSR count). The SMILES string of the molecule is O=C(Nc1cccc(-c2nncn2C2CC2)c1)c1cc(-c2ccc(NC3CCC3)nc2)ccn1. The van der Waals surface area contributed by atoms with Crippen LogP contribution < -0.4 is 10.6 Å². The van der Waals surface area contributed by atoms with Crippen molar-refractivity contribution < 1.29 is 4.79 Å². The quantitative estimate of drug-likeness (QED) is 0.412. The van der Waals surface area contributed by atoms with Gasteiger partial charge in [-0.3, -0.25) is 9.78 Å². The van der Waals surface area contributed by atoms with E-state index in [0.717, 1.165) is 41.2 Å². The van der Waals surface area contributed by atoms with Gasteiger partial charge in [0.2, 0.25) is 0 Å². The highest BCUT2D eigenvalue weighted by Crippen LogP contribution is 2.37. The Morgan fingerprint density at radius 2 is 1.85 bits per heavy atom. The number of rotatable bonds is 7. The molecule has 0 unspecified atom stereocenters. The fraction of sp³-hybridized carbons (Fsp3) is 0.269. The van der Waals surface area contributed by atoms with E-state index < -0.39 is 0 Å². The van der Waals surface area contributed by atoms with Crippen molar-refractivity contribution >= 4 is 17.4 Å². The maximum Gasteiger partial charge on any atom is 0.274 e. The van der Waals surface area contributed by atoms with Gasteiger partial charge in [-0.05, 0) is 74.1 Å². The van der Waals surface area contributed by atoms with Crippen LogP contribution in [0.3, 0.4) is 0 Å². The van der Waals surface area contributed by atoms with Crippen LogP contribution >= 0.6 is 0 Å². The first-order valence-corrected chi connectivity index (χ1v) is 11.7. The average Bonchev–Trinajstić information content (AvgIpc) is 3.58. The Kier molecular flexibility index (Phi) is 5.25. The highest BCUT2D eigenvalue weighted by Gasteiger charge is 2.26. The zero-order chi connectivity index (χ0) is 22.9. The number of benzene rings is 1. The Balaban J connectivity index is 1.17. The Morgan fingerprint density at radius 3 is 2.62 bits per heavy atom. The van der Waals surface area contributed by atoms with E-state index in [0.29, 0.717) is 23.5 Å². The second-order valence-corrected chi connectivity index (χ2v) is 8.96. The van der Waals surface area contributed by atoms with Gasteiger partial charge in [0, 0.05) is 41.3 Å². The predicted octanol–water partition coefficient (Wildman–Crippen LogP) is 4.95. The number of hydrogen-bond donors (Lipinski definition) is 2. The molecular formula is C26H25N7O. The maximum atomic E-state index is 13.0. The highest BCUT2D eigenvalue weighted by atomic mass is 16.1. The van der Waals surface area contributed by atoms with Crippen molar-refractivity contribution in [2.75, 3.05) is 10.6 Å². The number of amides is 1. The molecule has 3 aromatic heterocycles. The van der Waals surface area contributed by atoms with Crippen molar-refractivity contribution in [2.24, 2.45) is 0 Å². The van der Waals surface area contributed by atoms with Crippen LogP contribution in [-0.4, -0.2) is 36.7 Å². The maximum absolute atomic E-state index is 13.0. The number of hydrogen-bond acceptors (Lipinski definition) is 6. The van der Waals surface area contributed by atoms with Crippen LogP contribution in [0.15, 0.2) is 67.3 Å². The summed E-state index contributed by atoms with van der Waals surface area (Å²) in [4.78, 5) is 21.8. The number of anilines is 2. The first kappa shape index (κ1) is 20.5. The minimum atomic E-state index is -0.265. The normalized spacial score (nSPS) is 15.5. The lowest BCUT2D eigenvalue weighted by Crippen LogP contribution is -2.27. The number of aromatic nitrogens is 5. The van der Waals surface area contributed by atoms with Gasteiger partial charge in [-0.15, -0.1) is 10.2 Å². The zero-order valence-electron chi connectivity index (χ0n) is 18.7. The van der Waals surface area contributed by atoms with E-state index in [2.05, 4.69) is 35.4 Å². The molecule has 2 aliphatic rings. The Bertz CT molecular complexity index is 1320. The van der Waals surface area contributed by atoms with E-state index in [4.69, 9.17) is 0 Å². The lowest BCUT2D eigenvalue weighted by atomic mass is 9.93. The lowest BCUT2D eigenvalue weighted by Gasteiger charge is -2.26. The summed E-state index contributed by atoms with van der Waals surface area (Å²) in [5.74, 6) is 1.44. The molecule has 0 bridgehead atoms. The van der Waals surface area contributed by atoms with Crippen LogP contribution in [0.1, 0.15) is 48.6 Å². The Labute approximate surface area is 197 Å². The summed E-state index contributed by atoms with van der Waals surface area (Å²) in [7, 11) is 0. The van der Waals surface area contributed by atoms with Gasteiger partial charge in [0.1, 0.15) is 17.8 Å². The summed E-state index contributed by atoms with van der Waals surface area (Å²) in [6.07, 6.45) is 11.3. The molecule has 4 aromatic rings. The number of nitrogens with zero attached hydrogens (tertiary/aromatic N) is 5. The summed E-state index contributed by atoms with van der Waals surface area (Å²) in [5.41, 5.74) is 3.80. The largest absolute Gasteiger partial charge is 0.367 e. The van der Waals surface area contributed by atoms with Crippen LogP contribution in [0.5, 0.6) is 0 Å². The molecule has 2 fully saturated rings. The minimum absolute atomic E-state index is 0.265. The summed E-state index contributed by atoms with van der Waals surface area (Å²) in [5, 5.41) is 14.8. The molecule has 170 valence electrons. The van der Waals surface area contributed by atoms with Crippen molar-refractivity contribution in [1.29, 1.82) is 0 Å². The molecule has 0 saturated heterocycles. The molecule has 1 aromatic carbocycles. The summed E-state index contributed by atoms with van der Waals surface area (Å²) >= 11 is 0. The van der Waals surface area contributed by atoms with Gasteiger partial charge < -0.3 is 15.2 Å². The second-order valence-electron chi connectivity index (χ2n) is 8.96. The zero-order valence-corrected chi connectivity index (χ0v) is 18.7. The highest BCUT2D eigenvalue weighted by molar-refractivity contribution is 6.03. The summed E-state index contributed by atoms with van der Waals surface area (Å²) in [6.45, 7) is 0. The van der Waals surface area contributed by atoms with Gasteiger partial charge in [0.25, 0.3) is 5.91 Å². The van der Waals surface area contributed by atoms with E-state index in [-0.39, 0.29) is 5.91 Å². The van der Waals surface area contributed by atoms with Crippen LogP contribution in [0, 0.1) is 0 Å². The predicted molar refractivity (Wildman–Crippen MR) is 130 cm³/mol. The molecule has 2 saturated carbocycles. The smallest absolute Gasteiger partial charge is 0.274 e. The van der Waals surface area contributed by atoms with Gasteiger partial charge in [-0.2, -0.15) is 0 Å². The van der Waals surface area contributed by atoms with Gasteiger partial charge in [0.15, 0.2) is 5.82 Å². The fourth-order valence-corrected chi connectivity index (χ4v) is 4.15. The first-order valence-electron chi connectivity index (χ1n) is 11.7. The van der Waals surface area contributed by atoms with E-state index in [9.17, 15) is 4.79 Å². The number of carbonyl (C=O) groups excluding carboxylic acids is 1. The molecule has 34 heavy (non-hydrogen) atoms. The monoisotopic (exact) mass is 451 g/mol. The van der Waals surface area contributed by atoms with E-state index in [1.807, 2.05) is 48.7 Å². The van der Waals surface area contributed by atoms with Gasteiger partial charge >= 0.3 is 0 Å². The van der Waals surface area contributed by atoms with E-state index in [1.54, 1.807) is 18.6 Å². The number of pyridine rings is 2. The van der Waals surface area contributed by atoms with E-state index in [1.165, 1.54) is 19.3 Å². The van der Waals surface area contributed by atoms with Crippen molar-refractivity contribution in [3.8, 4) is 22.5 Å². The van der Waals surface area contributed by atoms with Gasteiger partial charge in [-0.1, -0.05) is 12.1 Å². The molecule has 0 atom stereocenters. The first-order chi connectivity index (χ1) is 16.7. The second kappa shape index (κ2) is 8.70. The third kappa shape index (κ3) is 4.26. The number of carbonyl (C=O) groups is 1. The topological polar surface area (TPSA) is 97.6 Å². The molecule has 0 radical (unpaired) electrons. The molecule has 0 aliphatic heterocycles. The molecule has 1 amide bonds. The van der Waals surface area contributed by atoms with Crippen molar-refractivity contribution in [3.63, 3.8) is 0 Å².